The van der Waals surface area contributed by atoms with Gasteiger partial charge in [0.2, 0.25) is 0 Å². The van der Waals surface area contributed by atoms with E-state index in [2.05, 4.69) is 0 Å². The van der Waals surface area contributed by atoms with Gasteiger partial charge in [-0.2, -0.15) is 0 Å². The molecule has 3 N–H and O–H groups in total. The van der Waals surface area contributed by atoms with Gasteiger partial charge >= 0.3 is 0 Å². The molecule has 0 fully saturated rings. The summed E-state index contributed by atoms with van der Waals surface area (Å²) in [6.07, 6.45) is 1.44. The second kappa shape index (κ2) is 3.05. The first-order valence-corrected chi connectivity index (χ1v) is 3.23. The third-order valence-electron chi connectivity index (χ3n) is 1.24. The Morgan fingerprint density at radius 1 is 1.80 bits per heavy atom. The number of aliphatic hydroxyl groups excluding tert-OH is 1. The van der Waals surface area contributed by atoms with E-state index in [4.69, 9.17) is 26.9 Å². The molecule has 1 aromatic heterocycles. The van der Waals surface area contributed by atoms with E-state index in [1.165, 1.54) is 6.26 Å². The van der Waals surface area contributed by atoms with Gasteiger partial charge in [-0.05, 0) is 17.7 Å². The molecule has 56 valence electrons. The first-order valence-electron chi connectivity index (χ1n) is 2.85. The molecule has 0 spiro atoms. The van der Waals surface area contributed by atoms with Gasteiger partial charge in [0.25, 0.3) is 0 Å². The Kier molecular flexibility index (Phi) is 2.32. The molecule has 0 aliphatic rings. The molecular formula is C6H8ClNO2. The highest BCUT2D eigenvalue weighted by Crippen LogP contribution is 2.21. The van der Waals surface area contributed by atoms with E-state index in [1.54, 1.807) is 6.07 Å². The smallest absolute Gasteiger partial charge is 0.197 e. The Labute approximate surface area is 63.4 Å². The molecule has 0 saturated carbocycles. The van der Waals surface area contributed by atoms with Crippen LogP contribution >= 0.6 is 11.6 Å². The van der Waals surface area contributed by atoms with Gasteiger partial charge < -0.3 is 15.3 Å². The third-order valence-corrected chi connectivity index (χ3v) is 1.55. The van der Waals surface area contributed by atoms with Gasteiger partial charge in [0.15, 0.2) is 5.22 Å². The van der Waals surface area contributed by atoms with Crippen LogP contribution in [0.4, 0.5) is 0 Å². The fourth-order valence-electron chi connectivity index (χ4n) is 0.668. The van der Waals surface area contributed by atoms with Gasteiger partial charge in [-0.25, -0.2) is 0 Å². The average Bonchev–Trinajstić information content (AvgIpc) is 2.34. The van der Waals surface area contributed by atoms with Crippen molar-refractivity contribution >= 4 is 11.6 Å². The first-order chi connectivity index (χ1) is 4.75. The molecule has 3 nitrogen and oxygen atoms in total. The summed E-state index contributed by atoms with van der Waals surface area (Å²) in [5, 5.41) is 8.86. The Bertz CT molecular complexity index is 211. The van der Waals surface area contributed by atoms with Crippen molar-refractivity contribution in [2.45, 2.75) is 6.04 Å². The van der Waals surface area contributed by atoms with E-state index >= 15 is 0 Å². The van der Waals surface area contributed by atoms with Crippen molar-refractivity contribution in [2.75, 3.05) is 6.61 Å². The Morgan fingerprint density at radius 3 is 2.90 bits per heavy atom. The molecule has 4 heteroatoms. The standard InChI is InChI=1S/C6H8ClNO2/c7-6-4(1-2-10-6)5(8)3-9/h1-2,5,9H,3,8H2/t5-/m0/s1. The van der Waals surface area contributed by atoms with Crippen LogP contribution in [-0.4, -0.2) is 11.7 Å². The predicted molar refractivity (Wildman–Crippen MR) is 37.7 cm³/mol. The maximum atomic E-state index is 8.61. The van der Waals surface area contributed by atoms with Crippen LogP contribution in [-0.2, 0) is 0 Å². The molecule has 0 unspecified atom stereocenters. The molecule has 1 aromatic rings. The quantitative estimate of drug-likeness (QED) is 0.678. The largest absolute Gasteiger partial charge is 0.453 e. The predicted octanol–water partition coefficient (Wildman–Crippen LogP) is 0.925. The summed E-state index contributed by atoms with van der Waals surface area (Å²) < 4.78 is 4.76. The molecule has 0 bridgehead atoms. The van der Waals surface area contributed by atoms with Crippen LogP contribution in [0.15, 0.2) is 16.7 Å². The molecule has 0 aromatic carbocycles. The summed E-state index contributed by atoms with van der Waals surface area (Å²) in [5.41, 5.74) is 6.09. The second-order valence-electron chi connectivity index (χ2n) is 1.94. The van der Waals surface area contributed by atoms with Crippen molar-refractivity contribution in [2.24, 2.45) is 5.73 Å². The molecule has 1 atom stereocenters. The highest BCUT2D eigenvalue weighted by Gasteiger charge is 2.10. The lowest BCUT2D eigenvalue weighted by atomic mass is 10.2. The van der Waals surface area contributed by atoms with Crippen LogP contribution in [0, 0.1) is 0 Å². The molecule has 0 amide bonds. The maximum Gasteiger partial charge on any atom is 0.197 e. The molecule has 10 heavy (non-hydrogen) atoms. The second-order valence-corrected chi connectivity index (χ2v) is 2.28. The van der Waals surface area contributed by atoms with Gasteiger partial charge in [0.1, 0.15) is 0 Å². The first kappa shape index (κ1) is 7.60. The van der Waals surface area contributed by atoms with Crippen molar-refractivity contribution in [3.05, 3.63) is 23.1 Å². The molecule has 0 aliphatic heterocycles. The molecule has 1 heterocycles. The summed E-state index contributed by atoms with van der Waals surface area (Å²) in [5.74, 6) is 0. The lowest BCUT2D eigenvalue weighted by Gasteiger charge is -2.03. The van der Waals surface area contributed by atoms with E-state index in [0.717, 1.165) is 0 Å². The van der Waals surface area contributed by atoms with Crippen LogP contribution in [0.5, 0.6) is 0 Å². The van der Waals surface area contributed by atoms with Crippen LogP contribution < -0.4 is 5.73 Å². The van der Waals surface area contributed by atoms with Gasteiger partial charge in [-0.1, -0.05) is 0 Å². The maximum absolute atomic E-state index is 8.61. The highest BCUT2D eigenvalue weighted by molar-refractivity contribution is 6.29. The summed E-state index contributed by atoms with van der Waals surface area (Å²) in [7, 11) is 0. The fourth-order valence-corrected chi connectivity index (χ4v) is 0.923. The van der Waals surface area contributed by atoms with E-state index in [-0.39, 0.29) is 11.8 Å². The Morgan fingerprint density at radius 2 is 2.50 bits per heavy atom. The Balaban J connectivity index is 2.82. The van der Waals surface area contributed by atoms with Gasteiger partial charge in [-0.15, -0.1) is 0 Å². The van der Waals surface area contributed by atoms with E-state index < -0.39 is 6.04 Å². The highest BCUT2D eigenvalue weighted by atomic mass is 35.5. The van der Waals surface area contributed by atoms with Crippen LogP contribution in [0.3, 0.4) is 0 Å². The number of aliphatic hydroxyl groups is 1. The van der Waals surface area contributed by atoms with E-state index in [9.17, 15) is 0 Å². The van der Waals surface area contributed by atoms with Crippen molar-refractivity contribution in [1.29, 1.82) is 0 Å². The summed E-state index contributed by atoms with van der Waals surface area (Å²) in [4.78, 5) is 0. The van der Waals surface area contributed by atoms with Crippen molar-refractivity contribution in [3.8, 4) is 0 Å². The van der Waals surface area contributed by atoms with Gasteiger partial charge in [-0.3, -0.25) is 0 Å². The number of furan rings is 1. The summed E-state index contributed by atoms with van der Waals surface area (Å²) in [6, 6.07) is 1.20. The molecule has 1 rings (SSSR count). The molecule has 0 saturated heterocycles. The lowest BCUT2D eigenvalue weighted by Crippen LogP contribution is -2.13. The van der Waals surface area contributed by atoms with Crippen molar-refractivity contribution in [1.82, 2.24) is 0 Å². The minimum absolute atomic E-state index is 0.126. The molecular weight excluding hydrogens is 154 g/mol. The molecule has 0 radical (unpaired) electrons. The normalized spacial score (nSPS) is 13.5. The van der Waals surface area contributed by atoms with Crippen LogP contribution in [0.1, 0.15) is 11.6 Å². The third kappa shape index (κ3) is 1.31. The lowest BCUT2D eigenvalue weighted by molar-refractivity contribution is 0.267. The number of hydrogen-bond acceptors (Lipinski definition) is 3. The van der Waals surface area contributed by atoms with Gasteiger partial charge in [0, 0.05) is 5.56 Å². The minimum atomic E-state index is -0.439. The fraction of sp³-hybridized carbons (Fsp3) is 0.333. The number of nitrogens with two attached hydrogens (primary N) is 1. The van der Waals surface area contributed by atoms with Gasteiger partial charge in [0.05, 0.1) is 18.9 Å². The number of hydrogen-bond donors (Lipinski definition) is 2. The summed E-state index contributed by atoms with van der Waals surface area (Å²) in [6.45, 7) is -0.126. The monoisotopic (exact) mass is 161 g/mol. The van der Waals surface area contributed by atoms with Crippen molar-refractivity contribution in [3.63, 3.8) is 0 Å². The zero-order valence-corrected chi connectivity index (χ0v) is 6.01. The van der Waals surface area contributed by atoms with Crippen LogP contribution in [0.2, 0.25) is 5.22 Å². The average molecular weight is 162 g/mol. The number of rotatable bonds is 2. The Hall–Kier alpha value is -0.510. The zero-order chi connectivity index (χ0) is 7.56. The van der Waals surface area contributed by atoms with Crippen molar-refractivity contribution < 1.29 is 9.52 Å². The summed E-state index contributed by atoms with van der Waals surface area (Å²) >= 11 is 5.56. The minimum Gasteiger partial charge on any atom is -0.453 e. The zero-order valence-electron chi connectivity index (χ0n) is 5.25. The van der Waals surface area contributed by atoms with E-state index in [1.807, 2.05) is 0 Å². The number of halogens is 1. The van der Waals surface area contributed by atoms with E-state index in [0.29, 0.717) is 5.56 Å². The molecule has 0 aliphatic carbocycles. The topological polar surface area (TPSA) is 59.4 Å². The SMILES string of the molecule is N[C@@H](CO)c1ccoc1Cl. The van der Waals surface area contributed by atoms with Crippen LogP contribution in [0.25, 0.3) is 0 Å².